The molecule has 0 radical (unpaired) electrons. The monoisotopic (exact) mass is 401 g/mol. The van der Waals surface area contributed by atoms with Gasteiger partial charge in [0.05, 0.1) is 4.91 Å². The molecular formula is C20H23N3O2S2. The largest absolute Gasteiger partial charge is 0.342 e. The third-order valence-electron chi connectivity index (χ3n) is 4.72. The molecule has 0 saturated carbocycles. The van der Waals surface area contributed by atoms with Gasteiger partial charge in [-0.1, -0.05) is 42.2 Å². The van der Waals surface area contributed by atoms with Gasteiger partial charge in [-0.05, 0) is 32.9 Å². The maximum atomic E-state index is 12.6. The number of thiocarbonyl (C=S) groups is 1. The molecule has 27 heavy (non-hydrogen) atoms. The van der Waals surface area contributed by atoms with Gasteiger partial charge < -0.3 is 9.47 Å². The smallest absolute Gasteiger partial charge is 0.266 e. The molecule has 2 heterocycles. The van der Waals surface area contributed by atoms with E-state index in [1.807, 2.05) is 66.8 Å². The second kappa shape index (κ2) is 8.27. The molecule has 0 N–H and O–H groups in total. The van der Waals surface area contributed by atoms with Crippen LogP contribution in [0.15, 0.2) is 35.4 Å². The van der Waals surface area contributed by atoms with Crippen molar-refractivity contribution in [1.29, 1.82) is 0 Å². The molecule has 3 rings (SSSR count). The zero-order chi connectivity index (χ0) is 19.6. The van der Waals surface area contributed by atoms with Gasteiger partial charge in [-0.3, -0.25) is 14.5 Å². The average molecular weight is 402 g/mol. The third kappa shape index (κ3) is 3.80. The average Bonchev–Trinajstić information content (AvgIpc) is 3.13. The van der Waals surface area contributed by atoms with Crippen LogP contribution >= 0.6 is 24.0 Å². The Kier molecular flexibility index (Phi) is 6.01. The molecule has 0 unspecified atom stereocenters. The van der Waals surface area contributed by atoms with E-state index in [0.29, 0.717) is 28.9 Å². The number of carbonyl (C=O) groups is 2. The van der Waals surface area contributed by atoms with Gasteiger partial charge in [-0.2, -0.15) is 0 Å². The number of fused-ring (bicyclic) bond motifs is 1. The fraction of sp³-hybridized carbons (Fsp3) is 0.350. The molecular weight excluding hydrogens is 378 g/mol. The van der Waals surface area contributed by atoms with Gasteiger partial charge in [-0.25, -0.2) is 0 Å². The first-order chi connectivity index (χ1) is 13.0. The van der Waals surface area contributed by atoms with Crippen molar-refractivity contribution < 1.29 is 9.59 Å². The van der Waals surface area contributed by atoms with E-state index in [0.717, 1.165) is 16.5 Å². The minimum absolute atomic E-state index is 0.0523. The van der Waals surface area contributed by atoms with E-state index in [9.17, 15) is 9.59 Å². The maximum Gasteiger partial charge on any atom is 0.266 e. The zero-order valence-electron chi connectivity index (χ0n) is 15.8. The lowest BCUT2D eigenvalue weighted by Crippen LogP contribution is -2.33. The Morgan fingerprint density at radius 2 is 1.93 bits per heavy atom. The van der Waals surface area contributed by atoms with Gasteiger partial charge in [0.2, 0.25) is 5.91 Å². The van der Waals surface area contributed by atoms with Crippen LogP contribution in [0.1, 0.15) is 26.3 Å². The lowest BCUT2D eigenvalue weighted by molar-refractivity contribution is -0.131. The maximum absolute atomic E-state index is 12.6. The van der Waals surface area contributed by atoms with Gasteiger partial charge in [0.1, 0.15) is 10.9 Å². The van der Waals surface area contributed by atoms with Crippen LogP contribution in [0.2, 0.25) is 0 Å². The first kappa shape index (κ1) is 19.6. The van der Waals surface area contributed by atoms with Crippen LogP contribution in [0.4, 0.5) is 0 Å². The quantitative estimate of drug-likeness (QED) is 0.547. The molecule has 1 aliphatic heterocycles. The van der Waals surface area contributed by atoms with Crippen LogP contribution in [-0.2, 0) is 16.1 Å². The molecule has 1 fully saturated rings. The molecule has 1 saturated heterocycles. The summed E-state index contributed by atoms with van der Waals surface area (Å²) in [6.07, 6.45) is 3.83. The molecule has 5 nitrogen and oxygen atoms in total. The molecule has 0 spiro atoms. The Bertz CT molecular complexity index is 928. The van der Waals surface area contributed by atoms with E-state index in [1.54, 1.807) is 4.90 Å². The van der Waals surface area contributed by atoms with Crippen molar-refractivity contribution in [3.8, 4) is 0 Å². The van der Waals surface area contributed by atoms with Crippen LogP contribution in [0, 0.1) is 0 Å². The van der Waals surface area contributed by atoms with Crippen molar-refractivity contribution in [2.45, 2.75) is 27.3 Å². The molecule has 0 atom stereocenters. The topological polar surface area (TPSA) is 45.6 Å². The Balaban J connectivity index is 1.98. The molecule has 142 valence electrons. The molecule has 1 aliphatic rings. The van der Waals surface area contributed by atoms with Crippen LogP contribution in [-0.4, -0.2) is 50.1 Å². The Hall–Kier alpha value is -2.12. The first-order valence-electron chi connectivity index (χ1n) is 9.11. The number of thioether (sulfide) groups is 1. The van der Waals surface area contributed by atoms with E-state index in [4.69, 9.17) is 12.2 Å². The van der Waals surface area contributed by atoms with Gasteiger partial charge in [0.15, 0.2) is 0 Å². The molecule has 0 bridgehead atoms. The number of aromatic nitrogens is 1. The number of hydrogen-bond acceptors (Lipinski definition) is 4. The Labute approximate surface area is 169 Å². The van der Waals surface area contributed by atoms with E-state index in [1.165, 1.54) is 11.8 Å². The number of para-hydroxylation sites is 1. The van der Waals surface area contributed by atoms with Crippen molar-refractivity contribution in [2.24, 2.45) is 0 Å². The molecule has 7 heteroatoms. The van der Waals surface area contributed by atoms with Crippen molar-refractivity contribution in [1.82, 2.24) is 14.4 Å². The fourth-order valence-electron chi connectivity index (χ4n) is 3.26. The minimum Gasteiger partial charge on any atom is -0.342 e. The molecule has 0 aliphatic carbocycles. The summed E-state index contributed by atoms with van der Waals surface area (Å²) in [5, 5.41) is 1.02. The highest BCUT2D eigenvalue weighted by atomic mass is 32.2. The normalized spacial score (nSPS) is 16.0. The third-order valence-corrected chi connectivity index (χ3v) is 6.10. The molecule has 2 aromatic rings. The summed E-state index contributed by atoms with van der Waals surface area (Å²) in [5.41, 5.74) is 1.91. The van der Waals surface area contributed by atoms with Gasteiger partial charge in [-0.15, -0.1) is 0 Å². The van der Waals surface area contributed by atoms with Gasteiger partial charge in [0.25, 0.3) is 5.91 Å². The summed E-state index contributed by atoms with van der Waals surface area (Å²) in [6.45, 7) is 8.13. The highest BCUT2D eigenvalue weighted by Gasteiger charge is 2.30. The number of rotatable bonds is 6. The van der Waals surface area contributed by atoms with Crippen LogP contribution in [0.5, 0.6) is 0 Å². The lowest BCUT2D eigenvalue weighted by atomic mass is 10.1. The highest BCUT2D eigenvalue weighted by Crippen LogP contribution is 2.34. The van der Waals surface area contributed by atoms with E-state index in [2.05, 4.69) is 0 Å². The predicted molar refractivity (Wildman–Crippen MR) is 115 cm³/mol. The summed E-state index contributed by atoms with van der Waals surface area (Å²) in [5.74, 6) is 0.0353. The number of hydrogen-bond donors (Lipinski definition) is 0. The minimum atomic E-state index is -0.0523. The number of benzene rings is 1. The van der Waals surface area contributed by atoms with E-state index >= 15 is 0 Å². The van der Waals surface area contributed by atoms with Crippen LogP contribution in [0.3, 0.4) is 0 Å². The molecule has 1 aromatic heterocycles. The van der Waals surface area contributed by atoms with Crippen LogP contribution < -0.4 is 0 Å². The number of nitrogens with zero attached hydrogens (tertiary/aromatic N) is 3. The molecule has 2 amide bonds. The standard InChI is InChI=1S/C20H23N3O2S2/c1-4-21(5-2)18(24)13-22-12-14(15-9-7-8-10-16(15)22)11-17-19(25)23(6-3)20(26)27-17/h7-12H,4-6,13H2,1-3H3/b17-11-. The van der Waals surface area contributed by atoms with Gasteiger partial charge in [0, 0.05) is 42.3 Å². The van der Waals surface area contributed by atoms with Crippen molar-refractivity contribution in [3.63, 3.8) is 0 Å². The van der Waals surface area contributed by atoms with Crippen molar-refractivity contribution in [3.05, 3.63) is 40.9 Å². The lowest BCUT2D eigenvalue weighted by Gasteiger charge is -2.19. The van der Waals surface area contributed by atoms with E-state index < -0.39 is 0 Å². The predicted octanol–water partition coefficient (Wildman–Crippen LogP) is 3.73. The summed E-state index contributed by atoms with van der Waals surface area (Å²) >= 11 is 6.62. The summed E-state index contributed by atoms with van der Waals surface area (Å²) in [6, 6.07) is 7.94. The summed E-state index contributed by atoms with van der Waals surface area (Å²) in [4.78, 5) is 29.1. The van der Waals surface area contributed by atoms with Crippen LogP contribution in [0.25, 0.3) is 17.0 Å². The van der Waals surface area contributed by atoms with Gasteiger partial charge >= 0.3 is 0 Å². The first-order valence-corrected chi connectivity index (χ1v) is 10.3. The second-order valence-corrected chi connectivity index (χ2v) is 7.90. The summed E-state index contributed by atoms with van der Waals surface area (Å²) in [7, 11) is 0. The Morgan fingerprint density at radius 3 is 2.56 bits per heavy atom. The number of amides is 2. The fourth-order valence-corrected chi connectivity index (χ4v) is 4.63. The highest BCUT2D eigenvalue weighted by molar-refractivity contribution is 8.26. The summed E-state index contributed by atoms with van der Waals surface area (Å²) < 4.78 is 2.55. The van der Waals surface area contributed by atoms with Crippen molar-refractivity contribution in [2.75, 3.05) is 19.6 Å². The SMILES string of the molecule is CCN(CC)C(=O)Cn1cc(/C=C2\SC(=S)N(CC)C2=O)c2ccccc21. The zero-order valence-corrected chi connectivity index (χ0v) is 17.4. The van der Waals surface area contributed by atoms with Crippen molar-refractivity contribution >= 4 is 57.1 Å². The second-order valence-electron chi connectivity index (χ2n) is 6.22. The number of likely N-dealkylation sites (N-methyl/N-ethyl adjacent to an activating group) is 2. The van der Waals surface area contributed by atoms with E-state index in [-0.39, 0.29) is 18.4 Å². The number of carbonyl (C=O) groups excluding carboxylic acids is 2. The molecule has 1 aromatic carbocycles. The Morgan fingerprint density at radius 1 is 1.22 bits per heavy atom.